The summed E-state index contributed by atoms with van der Waals surface area (Å²) in [4.78, 5) is 15.0. The lowest BCUT2D eigenvalue weighted by Gasteiger charge is -2.32. The summed E-state index contributed by atoms with van der Waals surface area (Å²) in [6.45, 7) is 3.59. The molecule has 0 bridgehead atoms. The summed E-state index contributed by atoms with van der Waals surface area (Å²) in [7, 11) is 1.64. The fourth-order valence-corrected chi connectivity index (χ4v) is 4.27. The van der Waals surface area contributed by atoms with E-state index in [1.165, 1.54) is 6.07 Å². The zero-order chi connectivity index (χ0) is 20.9. The summed E-state index contributed by atoms with van der Waals surface area (Å²) >= 11 is 0. The average molecular weight is 413 g/mol. The first-order valence-corrected chi connectivity index (χ1v) is 10.7. The Labute approximate surface area is 177 Å². The van der Waals surface area contributed by atoms with Crippen molar-refractivity contribution < 1.29 is 18.7 Å². The molecule has 1 atom stereocenters. The first-order valence-electron chi connectivity index (χ1n) is 10.7. The van der Waals surface area contributed by atoms with Crippen molar-refractivity contribution in [3.05, 3.63) is 59.4 Å². The Morgan fingerprint density at radius 2 is 2.03 bits per heavy atom. The molecule has 0 aromatic heterocycles. The van der Waals surface area contributed by atoms with E-state index in [2.05, 4.69) is 10.2 Å². The Bertz CT molecular complexity index is 881. The van der Waals surface area contributed by atoms with Crippen molar-refractivity contribution >= 4 is 5.91 Å². The fourth-order valence-electron chi connectivity index (χ4n) is 4.27. The normalized spacial score (nSPS) is 19.6. The molecule has 0 saturated carbocycles. The molecule has 0 aliphatic carbocycles. The minimum absolute atomic E-state index is 0.0530. The minimum atomic E-state index is -0.175. The molecular weight excluding hydrogens is 383 g/mol. The molecule has 1 amide bonds. The number of methoxy groups -OCH3 is 1. The zero-order valence-electron chi connectivity index (χ0n) is 17.4. The number of carbonyl (C=O) groups excluding carboxylic acids is 1. The average Bonchev–Trinajstić information content (AvgIpc) is 2.79. The molecule has 160 valence electrons. The topological polar surface area (TPSA) is 50.8 Å². The minimum Gasteiger partial charge on any atom is -0.497 e. The van der Waals surface area contributed by atoms with E-state index in [1.54, 1.807) is 13.2 Å². The van der Waals surface area contributed by atoms with Crippen LogP contribution in [-0.2, 0) is 17.8 Å². The Morgan fingerprint density at radius 3 is 2.80 bits per heavy atom. The van der Waals surface area contributed by atoms with Crippen LogP contribution in [0.1, 0.15) is 24.0 Å². The molecule has 0 unspecified atom stereocenters. The van der Waals surface area contributed by atoms with Crippen LogP contribution in [-0.4, -0.2) is 44.2 Å². The lowest BCUT2D eigenvalue weighted by molar-refractivity contribution is -0.126. The first kappa shape index (κ1) is 20.7. The molecule has 5 nitrogen and oxygen atoms in total. The van der Waals surface area contributed by atoms with Crippen LogP contribution in [0.4, 0.5) is 4.39 Å². The van der Waals surface area contributed by atoms with Crippen LogP contribution in [0.5, 0.6) is 11.5 Å². The van der Waals surface area contributed by atoms with E-state index in [0.29, 0.717) is 32.0 Å². The highest BCUT2D eigenvalue weighted by molar-refractivity contribution is 5.79. The Hall–Kier alpha value is -2.60. The molecule has 0 radical (unpaired) electrons. The molecule has 2 heterocycles. The van der Waals surface area contributed by atoms with Gasteiger partial charge in [0.2, 0.25) is 5.91 Å². The van der Waals surface area contributed by atoms with Crippen molar-refractivity contribution in [2.24, 2.45) is 11.8 Å². The molecular formula is C24H29FN2O3. The number of hydrogen-bond acceptors (Lipinski definition) is 4. The molecule has 0 spiro atoms. The van der Waals surface area contributed by atoms with Crippen molar-refractivity contribution in [3.8, 4) is 11.5 Å². The van der Waals surface area contributed by atoms with Gasteiger partial charge in [-0.05, 0) is 68.1 Å². The molecule has 1 fully saturated rings. The second-order valence-electron chi connectivity index (χ2n) is 8.24. The number of carbonyl (C=O) groups is 1. The molecule has 2 aromatic rings. The third-order valence-electron chi connectivity index (χ3n) is 6.17. The summed E-state index contributed by atoms with van der Waals surface area (Å²) in [6, 6.07) is 12.7. The summed E-state index contributed by atoms with van der Waals surface area (Å²) in [6.07, 6.45) is 2.69. The molecule has 4 rings (SSSR count). The highest BCUT2D eigenvalue weighted by Crippen LogP contribution is 2.30. The van der Waals surface area contributed by atoms with Crippen LogP contribution >= 0.6 is 0 Å². The van der Waals surface area contributed by atoms with Gasteiger partial charge in [0.1, 0.15) is 23.9 Å². The van der Waals surface area contributed by atoms with Gasteiger partial charge in [0.05, 0.1) is 13.0 Å². The number of benzene rings is 2. The number of piperidine rings is 1. The molecule has 6 heteroatoms. The standard InChI is InChI=1S/C24H29FN2O3/c1-29-21-6-7-23-19(13-21)12-20(16-30-23)24(28)26-14-17-8-10-27(11-9-17)15-18-4-2-3-5-22(18)25/h2-7,13,17,20H,8-12,14-16H2,1H3,(H,26,28)/t20-/m1/s1. The van der Waals surface area contributed by atoms with Gasteiger partial charge in [-0.3, -0.25) is 9.69 Å². The van der Waals surface area contributed by atoms with Gasteiger partial charge in [-0.25, -0.2) is 4.39 Å². The van der Waals surface area contributed by atoms with Gasteiger partial charge in [0.25, 0.3) is 0 Å². The zero-order valence-corrected chi connectivity index (χ0v) is 17.4. The Balaban J connectivity index is 1.22. The summed E-state index contributed by atoms with van der Waals surface area (Å²) in [5.74, 6) is 1.81. The third-order valence-corrected chi connectivity index (χ3v) is 6.17. The van der Waals surface area contributed by atoms with E-state index in [0.717, 1.165) is 48.6 Å². The maximum absolute atomic E-state index is 13.9. The van der Waals surface area contributed by atoms with E-state index in [4.69, 9.17) is 9.47 Å². The molecule has 2 aliphatic rings. The van der Waals surface area contributed by atoms with Gasteiger partial charge >= 0.3 is 0 Å². The van der Waals surface area contributed by atoms with Gasteiger partial charge in [0, 0.05) is 18.7 Å². The Morgan fingerprint density at radius 1 is 1.23 bits per heavy atom. The van der Waals surface area contributed by atoms with Gasteiger partial charge in [-0.15, -0.1) is 0 Å². The highest BCUT2D eigenvalue weighted by Gasteiger charge is 2.27. The van der Waals surface area contributed by atoms with Crippen molar-refractivity contribution in [3.63, 3.8) is 0 Å². The maximum Gasteiger partial charge on any atom is 0.226 e. The van der Waals surface area contributed by atoms with Crippen LogP contribution in [0.15, 0.2) is 42.5 Å². The molecule has 2 aliphatic heterocycles. The molecule has 30 heavy (non-hydrogen) atoms. The second kappa shape index (κ2) is 9.47. The van der Waals surface area contributed by atoms with E-state index in [-0.39, 0.29) is 17.6 Å². The van der Waals surface area contributed by atoms with Crippen molar-refractivity contribution in [1.82, 2.24) is 10.2 Å². The number of nitrogens with zero attached hydrogens (tertiary/aromatic N) is 1. The van der Waals surface area contributed by atoms with Crippen molar-refractivity contribution in [2.75, 3.05) is 33.4 Å². The maximum atomic E-state index is 13.9. The lowest BCUT2D eigenvalue weighted by Crippen LogP contribution is -2.42. The van der Waals surface area contributed by atoms with Crippen LogP contribution in [0, 0.1) is 17.7 Å². The Kier molecular flexibility index (Phi) is 6.53. The number of likely N-dealkylation sites (tertiary alicyclic amines) is 1. The molecule has 2 aromatic carbocycles. The third kappa shape index (κ3) is 4.93. The van der Waals surface area contributed by atoms with Crippen LogP contribution in [0.25, 0.3) is 0 Å². The highest BCUT2D eigenvalue weighted by atomic mass is 19.1. The smallest absolute Gasteiger partial charge is 0.226 e. The van der Waals surface area contributed by atoms with Crippen molar-refractivity contribution in [1.29, 1.82) is 0 Å². The summed E-state index contributed by atoms with van der Waals surface area (Å²) < 4.78 is 24.9. The van der Waals surface area contributed by atoms with Gasteiger partial charge in [-0.1, -0.05) is 18.2 Å². The number of hydrogen-bond donors (Lipinski definition) is 1. The quantitative estimate of drug-likeness (QED) is 0.790. The monoisotopic (exact) mass is 412 g/mol. The van der Waals surface area contributed by atoms with Crippen LogP contribution < -0.4 is 14.8 Å². The number of nitrogens with one attached hydrogen (secondary N) is 1. The van der Waals surface area contributed by atoms with Crippen LogP contribution in [0.2, 0.25) is 0 Å². The van der Waals surface area contributed by atoms with E-state index < -0.39 is 0 Å². The number of rotatable bonds is 6. The second-order valence-corrected chi connectivity index (χ2v) is 8.24. The SMILES string of the molecule is COc1ccc2c(c1)C[C@@H](C(=O)NCC1CCN(Cc3ccccc3F)CC1)CO2. The number of fused-ring (bicyclic) bond motifs is 1. The van der Waals surface area contributed by atoms with E-state index in [9.17, 15) is 9.18 Å². The van der Waals surface area contributed by atoms with E-state index >= 15 is 0 Å². The fraction of sp³-hybridized carbons (Fsp3) is 0.458. The molecule has 1 N–H and O–H groups in total. The summed E-state index contributed by atoms with van der Waals surface area (Å²) in [5, 5.41) is 3.13. The summed E-state index contributed by atoms with van der Waals surface area (Å²) in [5.41, 5.74) is 1.76. The predicted molar refractivity (Wildman–Crippen MR) is 113 cm³/mol. The van der Waals surface area contributed by atoms with Crippen molar-refractivity contribution in [2.45, 2.75) is 25.8 Å². The predicted octanol–water partition coefficient (Wildman–Crippen LogP) is 3.41. The lowest BCUT2D eigenvalue weighted by atomic mass is 9.94. The first-order chi connectivity index (χ1) is 14.6. The largest absolute Gasteiger partial charge is 0.497 e. The molecule has 1 saturated heterocycles. The van der Waals surface area contributed by atoms with E-state index in [1.807, 2.05) is 30.3 Å². The number of halogens is 1. The van der Waals surface area contributed by atoms with Gasteiger partial charge in [-0.2, -0.15) is 0 Å². The number of amides is 1. The van der Waals surface area contributed by atoms with Gasteiger partial charge < -0.3 is 14.8 Å². The van der Waals surface area contributed by atoms with Crippen LogP contribution in [0.3, 0.4) is 0 Å². The number of ether oxygens (including phenoxy) is 2. The van der Waals surface area contributed by atoms with Gasteiger partial charge in [0.15, 0.2) is 0 Å².